The van der Waals surface area contributed by atoms with Gasteiger partial charge in [0.2, 0.25) is 0 Å². The molecule has 0 bridgehead atoms. The number of carbonyl (C=O) groups is 1. The zero-order valence-electron chi connectivity index (χ0n) is 15.4. The molecule has 0 fully saturated rings. The number of methoxy groups -OCH3 is 1. The summed E-state index contributed by atoms with van der Waals surface area (Å²) in [4.78, 5) is 11.8. The second-order valence-electron chi connectivity index (χ2n) is 5.79. The molecule has 0 amide bonds. The van der Waals surface area contributed by atoms with Crippen LogP contribution in [0, 0.1) is 0 Å². The Morgan fingerprint density at radius 3 is 2.31 bits per heavy atom. The van der Waals surface area contributed by atoms with E-state index < -0.39 is 0 Å². The summed E-state index contributed by atoms with van der Waals surface area (Å²) in [6.45, 7) is 3.34. The molecule has 0 radical (unpaired) electrons. The first kappa shape index (κ1) is 19.9. The molecule has 26 heavy (non-hydrogen) atoms. The van der Waals surface area contributed by atoms with Gasteiger partial charge in [0, 0.05) is 0 Å². The van der Waals surface area contributed by atoms with E-state index in [9.17, 15) is 4.79 Å². The Morgan fingerprint density at radius 1 is 0.962 bits per heavy atom. The van der Waals surface area contributed by atoms with E-state index in [2.05, 4.69) is 0 Å². The minimum Gasteiger partial charge on any atom is -0.497 e. The highest BCUT2D eigenvalue weighted by Gasteiger charge is 2.16. The second-order valence-corrected chi connectivity index (χ2v) is 5.79. The lowest BCUT2D eigenvalue weighted by atomic mass is 10.2. The average molecular weight is 358 g/mol. The van der Waals surface area contributed by atoms with Crippen molar-refractivity contribution in [1.29, 1.82) is 0 Å². The van der Waals surface area contributed by atoms with Crippen LogP contribution >= 0.6 is 0 Å². The summed E-state index contributed by atoms with van der Waals surface area (Å²) < 4.78 is 21.8. The third kappa shape index (κ3) is 7.25. The van der Waals surface area contributed by atoms with Gasteiger partial charge < -0.3 is 18.9 Å². The first-order valence-electron chi connectivity index (χ1n) is 8.73. The Bertz CT molecular complexity index is 639. The topological polar surface area (TPSA) is 54.0 Å². The first-order valence-corrected chi connectivity index (χ1v) is 8.73. The van der Waals surface area contributed by atoms with Crippen LogP contribution in [0.15, 0.2) is 54.6 Å². The summed E-state index contributed by atoms with van der Waals surface area (Å²) in [7, 11) is 1.63. The molecule has 5 heteroatoms. The van der Waals surface area contributed by atoms with Gasteiger partial charge in [-0.2, -0.15) is 0 Å². The SMILES string of the molecule is CCOC(=O)C[C@@H](COCc1ccccc1)OCc1ccc(OC)cc1. The van der Waals surface area contributed by atoms with Crippen molar-refractivity contribution in [2.24, 2.45) is 0 Å². The van der Waals surface area contributed by atoms with Gasteiger partial charge in [0.15, 0.2) is 0 Å². The number of esters is 1. The predicted octanol–water partition coefficient (Wildman–Crippen LogP) is 3.75. The van der Waals surface area contributed by atoms with Crippen molar-refractivity contribution >= 4 is 5.97 Å². The fourth-order valence-electron chi connectivity index (χ4n) is 2.39. The standard InChI is InChI=1S/C21H26O5/c1-3-25-21(22)13-20(16-24-14-17-7-5-4-6-8-17)26-15-18-9-11-19(23-2)12-10-18/h4-12,20H,3,13-16H2,1-2H3/t20-/m0/s1. The van der Waals surface area contributed by atoms with Crippen molar-refractivity contribution in [2.45, 2.75) is 32.7 Å². The molecule has 0 aliphatic rings. The Labute approximate surface area is 154 Å². The van der Waals surface area contributed by atoms with Crippen LogP contribution in [0.5, 0.6) is 5.75 Å². The molecule has 0 heterocycles. The smallest absolute Gasteiger partial charge is 0.308 e. The Hall–Kier alpha value is -2.37. The van der Waals surface area contributed by atoms with Gasteiger partial charge in [-0.3, -0.25) is 4.79 Å². The molecule has 0 aliphatic heterocycles. The monoisotopic (exact) mass is 358 g/mol. The molecule has 0 aromatic heterocycles. The molecular weight excluding hydrogens is 332 g/mol. The molecule has 0 spiro atoms. The van der Waals surface area contributed by atoms with E-state index in [0.29, 0.717) is 26.4 Å². The Kier molecular flexibility index (Phi) is 8.66. The molecule has 1 atom stereocenters. The van der Waals surface area contributed by atoms with Crippen LogP contribution < -0.4 is 4.74 Å². The van der Waals surface area contributed by atoms with E-state index in [1.54, 1.807) is 14.0 Å². The third-order valence-corrected chi connectivity index (χ3v) is 3.76. The van der Waals surface area contributed by atoms with Crippen molar-refractivity contribution in [1.82, 2.24) is 0 Å². The molecule has 0 N–H and O–H groups in total. The van der Waals surface area contributed by atoms with E-state index >= 15 is 0 Å². The van der Waals surface area contributed by atoms with Crippen molar-refractivity contribution < 1.29 is 23.7 Å². The van der Waals surface area contributed by atoms with Crippen LogP contribution in [0.4, 0.5) is 0 Å². The number of hydrogen-bond acceptors (Lipinski definition) is 5. The fourth-order valence-corrected chi connectivity index (χ4v) is 2.39. The Balaban J connectivity index is 1.85. The minimum absolute atomic E-state index is 0.165. The normalized spacial score (nSPS) is 11.8. The number of rotatable bonds is 11. The van der Waals surface area contributed by atoms with E-state index in [0.717, 1.165) is 16.9 Å². The van der Waals surface area contributed by atoms with E-state index in [4.69, 9.17) is 18.9 Å². The van der Waals surface area contributed by atoms with Gasteiger partial charge in [-0.25, -0.2) is 0 Å². The van der Waals surface area contributed by atoms with Crippen molar-refractivity contribution in [3.05, 3.63) is 65.7 Å². The lowest BCUT2D eigenvalue weighted by Gasteiger charge is -2.18. The maximum absolute atomic E-state index is 11.8. The zero-order valence-corrected chi connectivity index (χ0v) is 15.4. The highest BCUT2D eigenvalue weighted by Crippen LogP contribution is 2.14. The molecular formula is C21H26O5. The van der Waals surface area contributed by atoms with Crippen LogP contribution in [0.25, 0.3) is 0 Å². The van der Waals surface area contributed by atoms with Crippen molar-refractivity contribution in [3.8, 4) is 5.75 Å². The first-order chi connectivity index (χ1) is 12.7. The zero-order chi connectivity index (χ0) is 18.6. The second kappa shape index (κ2) is 11.3. The molecule has 2 aromatic carbocycles. The highest BCUT2D eigenvalue weighted by atomic mass is 16.5. The lowest BCUT2D eigenvalue weighted by Crippen LogP contribution is -2.24. The van der Waals surface area contributed by atoms with Crippen LogP contribution in [0.1, 0.15) is 24.5 Å². The molecule has 0 unspecified atom stereocenters. The van der Waals surface area contributed by atoms with Crippen molar-refractivity contribution in [2.75, 3.05) is 20.3 Å². The lowest BCUT2D eigenvalue weighted by molar-refractivity contribution is -0.148. The van der Waals surface area contributed by atoms with E-state index in [-0.39, 0.29) is 18.5 Å². The van der Waals surface area contributed by atoms with Gasteiger partial charge in [0.1, 0.15) is 5.75 Å². The molecule has 0 saturated carbocycles. The molecule has 5 nitrogen and oxygen atoms in total. The summed E-state index contributed by atoms with van der Waals surface area (Å²) in [5, 5.41) is 0. The quantitative estimate of drug-likeness (QED) is 0.573. The number of benzene rings is 2. The number of hydrogen-bond donors (Lipinski definition) is 0. The molecule has 0 aliphatic carbocycles. The molecule has 2 aromatic rings. The summed E-state index contributed by atoms with van der Waals surface area (Å²) in [6, 6.07) is 17.5. The summed E-state index contributed by atoms with van der Waals surface area (Å²) in [6.07, 6.45) is -0.196. The minimum atomic E-state index is -0.361. The number of ether oxygens (including phenoxy) is 4. The largest absolute Gasteiger partial charge is 0.497 e. The average Bonchev–Trinajstić information content (AvgIpc) is 2.67. The van der Waals surface area contributed by atoms with Crippen LogP contribution in [0.3, 0.4) is 0 Å². The predicted molar refractivity (Wildman–Crippen MR) is 98.9 cm³/mol. The Morgan fingerprint density at radius 2 is 1.65 bits per heavy atom. The molecule has 0 saturated heterocycles. The van der Waals surface area contributed by atoms with Crippen molar-refractivity contribution in [3.63, 3.8) is 0 Å². The van der Waals surface area contributed by atoms with Crippen LogP contribution in [-0.4, -0.2) is 32.4 Å². The summed E-state index contributed by atoms with van der Waals surface area (Å²) >= 11 is 0. The summed E-state index contributed by atoms with van der Waals surface area (Å²) in [5.41, 5.74) is 2.08. The number of carbonyl (C=O) groups excluding carboxylic acids is 1. The third-order valence-electron chi connectivity index (χ3n) is 3.76. The van der Waals surface area contributed by atoms with E-state index in [1.165, 1.54) is 0 Å². The van der Waals surface area contributed by atoms with E-state index in [1.807, 2.05) is 54.6 Å². The highest BCUT2D eigenvalue weighted by molar-refractivity contribution is 5.69. The van der Waals surface area contributed by atoms with Crippen LogP contribution in [-0.2, 0) is 32.2 Å². The summed E-state index contributed by atoms with van der Waals surface area (Å²) in [5.74, 6) is 0.513. The van der Waals surface area contributed by atoms with Crippen LogP contribution in [0.2, 0.25) is 0 Å². The van der Waals surface area contributed by atoms with Gasteiger partial charge in [-0.1, -0.05) is 42.5 Å². The maximum Gasteiger partial charge on any atom is 0.308 e. The maximum atomic E-state index is 11.8. The van der Waals surface area contributed by atoms with Gasteiger partial charge >= 0.3 is 5.97 Å². The molecule has 140 valence electrons. The van der Waals surface area contributed by atoms with Gasteiger partial charge in [0.05, 0.1) is 46.1 Å². The van der Waals surface area contributed by atoms with Gasteiger partial charge in [-0.15, -0.1) is 0 Å². The van der Waals surface area contributed by atoms with Gasteiger partial charge in [0.25, 0.3) is 0 Å². The fraction of sp³-hybridized carbons (Fsp3) is 0.381. The molecule has 2 rings (SSSR count). The van der Waals surface area contributed by atoms with Gasteiger partial charge in [-0.05, 0) is 30.2 Å².